The summed E-state index contributed by atoms with van der Waals surface area (Å²) in [4.78, 5) is 25.7. The first-order valence-corrected chi connectivity index (χ1v) is 5.98. The Morgan fingerprint density at radius 2 is 1.90 bits per heavy atom. The molecule has 0 atom stereocenters. The molecule has 1 aromatic carbocycles. The fourth-order valence-corrected chi connectivity index (χ4v) is 1.53. The van der Waals surface area contributed by atoms with Gasteiger partial charge in [0.25, 0.3) is 5.91 Å². The standard InChI is InChI=1S/C14H12N2O5/c17-11-6-10(21-9-4-2-1-3-5-9)7-15-13(11)14(20)16-8-12(18)19/h1-7,17H,8H2,(H,16,20)(H,18,19). The topological polar surface area (TPSA) is 109 Å². The minimum Gasteiger partial charge on any atom is -0.505 e. The second kappa shape index (κ2) is 6.38. The van der Waals surface area contributed by atoms with Crippen LogP contribution in [0.25, 0.3) is 0 Å². The van der Waals surface area contributed by atoms with Crippen LogP contribution in [-0.2, 0) is 4.79 Å². The molecule has 3 N–H and O–H groups in total. The van der Waals surface area contributed by atoms with Gasteiger partial charge in [0, 0.05) is 6.07 Å². The Morgan fingerprint density at radius 1 is 1.19 bits per heavy atom. The number of para-hydroxylation sites is 1. The van der Waals surface area contributed by atoms with Crippen molar-refractivity contribution in [3.63, 3.8) is 0 Å². The van der Waals surface area contributed by atoms with Gasteiger partial charge in [0.1, 0.15) is 18.0 Å². The van der Waals surface area contributed by atoms with Crippen LogP contribution < -0.4 is 10.1 Å². The van der Waals surface area contributed by atoms with E-state index >= 15 is 0 Å². The maximum Gasteiger partial charge on any atom is 0.322 e. The minimum absolute atomic E-state index is 0.258. The highest BCUT2D eigenvalue weighted by Crippen LogP contribution is 2.25. The van der Waals surface area contributed by atoms with Crippen LogP contribution in [0.3, 0.4) is 0 Å². The van der Waals surface area contributed by atoms with E-state index in [9.17, 15) is 14.7 Å². The smallest absolute Gasteiger partial charge is 0.322 e. The molecule has 0 aliphatic rings. The highest BCUT2D eigenvalue weighted by molar-refractivity contribution is 5.96. The predicted octanol–water partition coefficient (Wildman–Crippen LogP) is 1.39. The van der Waals surface area contributed by atoms with Crippen LogP contribution in [0.1, 0.15) is 10.5 Å². The molecule has 1 amide bonds. The molecule has 2 aromatic rings. The average Bonchev–Trinajstić information content (AvgIpc) is 2.46. The summed E-state index contributed by atoms with van der Waals surface area (Å²) in [5.41, 5.74) is -0.267. The number of aliphatic carboxylic acids is 1. The zero-order valence-corrected chi connectivity index (χ0v) is 10.8. The molecule has 21 heavy (non-hydrogen) atoms. The molecule has 0 spiro atoms. The van der Waals surface area contributed by atoms with Gasteiger partial charge in [-0.05, 0) is 12.1 Å². The number of aromatic hydroxyl groups is 1. The van der Waals surface area contributed by atoms with E-state index in [1.165, 1.54) is 12.3 Å². The fourth-order valence-electron chi connectivity index (χ4n) is 1.53. The lowest BCUT2D eigenvalue weighted by Crippen LogP contribution is -2.29. The summed E-state index contributed by atoms with van der Waals surface area (Å²) in [5.74, 6) is -1.55. The van der Waals surface area contributed by atoms with E-state index in [0.29, 0.717) is 5.75 Å². The van der Waals surface area contributed by atoms with E-state index < -0.39 is 24.2 Å². The molecule has 0 saturated heterocycles. The summed E-state index contributed by atoms with van der Waals surface area (Å²) in [6.07, 6.45) is 1.27. The number of benzene rings is 1. The number of hydrogen-bond acceptors (Lipinski definition) is 5. The predicted molar refractivity (Wildman–Crippen MR) is 72.4 cm³/mol. The third-order valence-electron chi connectivity index (χ3n) is 2.44. The van der Waals surface area contributed by atoms with Crippen LogP contribution in [0.4, 0.5) is 0 Å². The average molecular weight is 288 g/mol. The second-order valence-corrected chi connectivity index (χ2v) is 4.03. The molecule has 0 saturated carbocycles. The summed E-state index contributed by atoms with van der Waals surface area (Å²) in [6, 6.07) is 10.1. The summed E-state index contributed by atoms with van der Waals surface area (Å²) < 4.78 is 5.44. The van der Waals surface area contributed by atoms with E-state index in [1.54, 1.807) is 24.3 Å². The summed E-state index contributed by atoms with van der Waals surface area (Å²) in [6.45, 7) is -0.553. The van der Waals surface area contributed by atoms with Gasteiger partial charge in [0.15, 0.2) is 11.4 Å². The Bertz CT molecular complexity index is 658. The molecule has 0 fully saturated rings. The van der Waals surface area contributed by atoms with Crippen molar-refractivity contribution in [1.29, 1.82) is 0 Å². The second-order valence-electron chi connectivity index (χ2n) is 4.03. The third-order valence-corrected chi connectivity index (χ3v) is 2.44. The number of carboxylic acid groups (broad SMARTS) is 1. The van der Waals surface area contributed by atoms with Crippen LogP contribution in [0, 0.1) is 0 Å². The Kier molecular flexibility index (Phi) is 4.35. The highest BCUT2D eigenvalue weighted by Gasteiger charge is 2.14. The van der Waals surface area contributed by atoms with Gasteiger partial charge in [-0.15, -0.1) is 0 Å². The summed E-state index contributed by atoms with van der Waals surface area (Å²) >= 11 is 0. The van der Waals surface area contributed by atoms with Gasteiger partial charge in [-0.1, -0.05) is 18.2 Å². The van der Waals surface area contributed by atoms with Gasteiger partial charge in [0.2, 0.25) is 0 Å². The van der Waals surface area contributed by atoms with Crippen molar-refractivity contribution >= 4 is 11.9 Å². The Hall–Kier alpha value is -3.09. The van der Waals surface area contributed by atoms with Crippen molar-refractivity contribution < 1.29 is 24.5 Å². The first-order valence-electron chi connectivity index (χ1n) is 5.98. The molecule has 1 heterocycles. The molecule has 0 unspecified atom stereocenters. The number of pyridine rings is 1. The lowest BCUT2D eigenvalue weighted by molar-refractivity contribution is -0.135. The zero-order chi connectivity index (χ0) is 15.2. The first-order chi connectivity index (χ1) is 10.1. The number of nitrogens with one attached hydrogen (secondary N) is 1. The third kappa shape index (κ3) is 3.93. The molecule has 2 rings (SSSR count). The van der Waals surface area contributed by atoms with Crippen molar-refractivity contribution in [2.45, 2.75) is 0 Å². The molecule has 0 aliphatic carbocycles. The number of carbonyl (C=O) groups excluding carboxylic acids is 1. The van der Waals surface area contributed by atoms with Crippen LogP contribution in [0.15, 0.2) is 42.6 Å². The van der Waals surface area contributed by atoms with Crippen molar-refractivity contribution in [3.8, 4) is 17.2 Å². The number of hydrogen-bond donors (Lipinski definition) is 3. The van der Waals surface area contributed by atoms with Gasteiger partial charge in [-0.3, -0.25) is 9.59 Å². The Labute approximate surface area is 119 Å². The molecular weight excluding hydrogens is 276 g/mol. The van der Waals surface area contributed by atoms with Crippen LogP contribution in [0.2, 0.25) is 0 Å². The number of rotatable bonds is 5. The summed E-state index contributed by atoms with van der Waals surface area (Å²) in [5, 5.41) is 20.3. The highest BCUT2D eigenvalue weighted by atomic mass is 16.5. The van der Waals surface area contributed by atoms with E-state index in [4.69, 9.17) is 9.84 Å². The SMILES string of the molecule is O=C(O)CNC(=O)c1ncc(Oc2ccccc2)cc1O. The molecular formula is C14H12N2O5. The first kappa shape index (κ1) is 14.3. The fraction of sp³-hybridized carbons (Fsp3) is 0.0714. The number of nitrogens with zero attached hydrogens (tertiary/aromatic N) is 1. The normalized spacial score (nSPS) is 9.90. The Morgan fingerprint density at radius 3 is 2.52 bits per heavy atom. The monoisotopic (exact) mass is 288 g/mol. The van der Waals surface area contributed by atoms with Gasteiger partial charge >= 0.3 is 5.97 Å². The van der Waals surface area contributed by atoms with Crippen LogP contribution in [-0.4, -0.2) is 33.6 Å². The maximum absolute atomic E-state index is 11.6. The number of ether oxygens (including phenoxy) is 1. The molecule has 7 heteroatoms. The molecule has 108 valence electrons. The lowest BCUT2D eigenvalue weighted by atomic mass is 10.3. The largest absolute Gasteiger partial charge is 0.505 e. The van der Waals surface area contributed by atoms with Crippen molar-refractivity contribution in [3.05, 3.63) is 48.3 Å². The zero-order valence-electron chi connectivity index (χ0n) is 10.8. The van der Waals surface area contributed by atoms with Gasteiger partial charge in [-0.25, -0.2) is 4.98 Å². The molecule has 1 aromatic heterocycles. The van der Waals surface area contributed by atoms with Crippen LogP contribution >= 0.6 is 0 Å². The molecule has 0 radical (unpaired) electrons. The maximum atomic E-state index is 11.6. The number of amides is 1. The Balaban J connectivity index is 2.10. The van der Waals surface area contributed by atoms with E-state index in [-0.39, 0.29) is 11.4 Å². The van der Waals surface area contributed by atoms with E-state index in [2.05, 4.69) is 10.3 Å². The molecule has 0 aliphatic heterocycles. The van der Waals surface area contributed by atoms with E-state index in [0.717, 1.165) is 0 Å². The number of carbonyl (C=O) groups is 2. The lowest BCUT2D eigenvalue weighted by Gasteiger charge is -2.08. The van der Waals surface area contributed by atoms with Crippen molar-refractivity contribution in [2.75, 3.05) is 6.54 Å². The number of carboxylic acids is 1. The minimum atomic E-state index is -1.19. The quantitative estimate of drug-likeness (QED) is 0.767. The van der Waals surface area contributed by atoms with Crippen molar-refractivity contribution in [2.24, 2.45) is 0 Å². The van der Waals surface area contributed by atoms with E-state index in [1.807, 2.05) is 6.07 Å². The number of aromatic nitrogens is 1. The van der Waals surface area contributed by atoms with Gasteiger partial charge in [-0.2, -0.15) is 0 Å². The van der Waals surface area contributed by atoms with Gasteiger partial charge in [0.05, 0.1) is 6.20 Å². The summed E-state index contributed by atoms with van der Waals surface area (Å²) in [7, 11) is 0. The van der Waals surface area contributed by atoms with Gasteiger partial charge < -0.3 is 20.3 Å². The molecule has 0 bridgehead atoms. The molecule has 7 nitrogen and oxygen atoms in total. The van der Waals surface area contributed by atoms with Crippen molar-refractivity contribution in [1.82, 2.24) is 10.3 Å². The van der Waals surface area contributed by atoms with Crippen LogP contribution in [0.5, 0.6) is 17.2 Å².